The molecule has 0 amide bonds. The predicted octanol–water partition coefficient (Wildman–Crippen LogP) is 2.96. The van der Waals surface area contributed by atoms with Gasteiger partial charge in [0, 0.05) is 30.4 Å². The number of allylic oxidation sites excluding steroid dienone is 4. The van der Waals surface area contributed by atoms with Crippen LogP contribution in [0.15, 0.2) is 47.6 Å². The standard InChI is InChI=1S/C22H23FN4O/c23-15-6-4-14(5-7-15)20-21(18-8-10-24-22-19(18)9-11-25-22)27(13-26-20)16-2-1-3-17(28)12-16/h4,6-7,9-11,13,16-17,25,28H,1-3,5,8,12H2/t16-,17-/m1/s1. The van der Waals surface area contributed by atoms with Crippen LogP contribution in [0.5, 0.6) is 0 Å². The number of imidazole rings is 1. The van der Waals surface area contributed by atoms with E-state index in [4.69, 9.17) is 4.98 Å². The number of aliphatic imine (C=N–C) groups is 1. The van der Waals surface area contributed by atoms with Crippen LogP contribution in [0.4, 0.5) is 10.2 Å². The molecule has 0 aromatic carbocycles. The van der Waals surface area contributed by atoms with E-state index in [9.17, 15) is 9.50 Å². The van der Waals surface area contributed by atoms with Gasteiger partial charge >= 0.3 is 0 Å². The van der Waals surface area contributed by atoms with Crippen LogP contribution in [0.25, 0.3) is 11.1 Å². The molecule has 28 heavy (non-hydrogen) atoms. The van der Waals surface area contributed by atoms with E-state index in [1.165, 1.54) is 11.6 Å². The lowest BCUT2D eigenvalue weighted by atomic mass is 9.92. The van der Waals surface area contributed by atoms with Gasteiger partial charge in [0.15, 0.2) is 0 Å². The van der Waals surface area contributed by atoms with E-state index in [1.54, 1.807) is 6.08 Å². The van der Waals surface area contributed by atoms with Gasteiger partial charge in [-0.1, -0.05) is 6.08 Å². The van der Waals surface area contributed by atoms with Crippen LogP contribution in [0.1, 0.15) is 50.1 Å². The van der Waals surface area contributed by atoms with Crippen molar-refractivity contribution in [3.8, 4) is 0 Å². The van der Waals surface area contributed by atoms with Crippen molar-refractivity contribution in [1.29, 1.82) is 0 Å². The highest BCUT2D eigenvalue weighted by molar-refractivity contribution is 5.88. The fraction of sp³-hybridized carbons (Fsp3) is 0.364. The number of aliphatic hydroxyl groups excluding tert-OH is 1. The van der Waals surface area contributed by atoms with E-state index >= 15 is 0 Å². The van der Waals surface area contributed by atoms with Crippen LogP contribution in [0.3, 0.4) is 0 Å². The number of halogens is 1. The third-order valence-electron chi connectivity index (χ3n) is 5.92. The van der Waals surface area contributed by atoms with Crippen molar-refractivity contribution in [3.63, 3.8) is 0 Å². The molecule has 2 N–H and O–H groups in total. The van der Waals surface area contributed by atoms with Crippen molar-refractivity contribution in [2.45, 2.75) is 50.7 Å². The van der Waals surface area contributed by atoms with Gasteiger partial charge in [0.05, 0.1) is 23.1 Å². The third kappa shape index (κ3) is 2.98. The van der Waals surface area contributed by atoms with E-state index < -0.39 is 0 Å². The first-order valence-corrected chi connectivity index (χ1v) is 9.92. The number of rotatable bonds is 1. The first-order valence-electron chi connectivity index (χ1n) is 9.92. The average Bonchev–Trinajstić information content (AvgIpc) is 3.35. The molecule has 2 aromatic heterocycles. The second kappa shape index (κ2) is 7.02. The summed E-state index contributed by atoms with van der Waals surface area (Å²) in [4.78, 5) is 12.4. The average molecular weight is 378 g/mol. The van der Waals surface area contributed by atoms with Crippen molar-refractivity contribution in [2.75, 3.05) is 0 Å². The van der Waals surface area contributed by atoms with Crippen molar-refractivity contribution < 1.29 is 9.50 Å². The number of aromatic amines is 1. The highest BCUT2D eigenvalue weighted by Crippen LogP contribution is 2.30. The van der Waals surface area contributed by atoms with E-state index in [2.05, 4.69) is 20.6 Å². The molecule has 0 spiro atoms. The molecular formula is C22H23FN4O. The van der Waals surface area contributed by atoms with E-state index in [-0.39, 0.29) is 18.0 Å². The van der Waals surface area contributed by atoms with Gasteiger partial charge in [-0.25, -0.2) is 14.4 Å². The zero-order chi connectivity index (χ0) is 19.1. The first-order chi connectivity index (χ1) is 13.7. The molecule has 1 aliphatic heterocycles. The summed E-state index contributed by atoms with van der Waals surface area (Å²) in [7, 11) is 0. The highest BCUT2D eigenvalue weighted by atomic mass is 19.1. The zero-order valence-corrected chi connectivity index (χ0v) is 15.6. The summed E-state index contributed by atoms with van der Waals surface area (Å²) in [5.41, 5.74) is 3.28. The Bertz CT molecular complexity index is 1120. The number of hydrogen-bond acceptors (Lipinski definition) is 3. The Balaban J connectivity index is 1.78. The zero-order valence-electron chi connectivity index (χ0n) is 15.6. The minimum absolute atomic E-state index is 0.203. The molecule has 5 nitrogen and oxygen atoms in total. The van der Waals surface area contributed by atoms with Crippen LogP contribution in [0.2, 0.25) is 0 Å². The molecule has 0 saturated heterocycles. The lowest BCUT2D eigenvalue weighted by molar-refractivity contribution is 0.103. The molecule has 3 heterocycles. The minimum Gasteiger partial charge on any atom is -0.393 e. The number of hydrogen-bond donors (Lipinski definition) is 2. The molecule has 1 fully saturated rings. The SMILES string of the molecule is O[C@@H]1CCC[C@@H](n2cnc(=C3C=CC(F)=CC3)c2=C2CC=Nc3[nH]ccc32)C1. The predicted molar refractivity (Wildman–Crippen MR) is 107 cm³/mol. The largest absolute Gasteiger partial charge is 0.393 e. The maximum Gasteiger partial charge on any atom is 0.137 e. The summed E-state index contributed by atoms with van der Waals surface area (Å²) < 4.78 is 15.7. The molecule has 144 valence electrons. The summed E-state index contributed by atoms with van der Waals surface area (Å²) in [6, 6.07) is 2.27. The maximum atomic E-state index is 13.5. The molecule has 0 radical (unpaired) electrons. The van der Waals surface area contributed by atoms with Crippen LogP contribution >= 0.6 is 0 Å². The van der Waals surface area contributed by atoms with Gasteiger partial charge in [-0.15, -0.1) is 0 Å². The Morgan fingerprint density at radius 2 is 2.14 bits per heavy atom. The summed E-state index contributed by atoms with van der Waals surface area (Å²) in [6.45, 7) is 0. The Kier molecular flexibility index (Phi) is 4.36. The summed E-state index contributed by atoms with van der Waals surface area (Å²) in [5.74, 6) is 0.657. The molecule has 5 rings (SSSR count). The third-order valence-corrected chi connectivity index (χ3v) is 5.92. The Morgan fingerprint density at radius 3 is 2.96 bits per heavy atom. The molecular weight excluding hydrogens is 355 g/mol. The van der Waals surface area contributed by atoms with Gasteiger partial charge in [-0.05, 0) is 61.5 Å². The van der Waals surface area contributed by atoms with Crippen LogP contribution in [-0.2, 0) is 0 Å². The van der Waals surface area contributed by atoms with Gasteiger partial charge in [0.1, 0.15) is 11.6 Å². The van der Waals surface area contributed by atoms with Crippen molar-refractivity contribution >= 4 is 23.2 Å². The number of nitrogens with one attached hydrogen (secondary N) is 1. The first kappa shape index (κ1) is 17.4. The molecule has 2 aromatic rings. The Labute approximate surface area is 162 Å². The van der Waals surface area contributed by atoms with Gasteiger partial charge in [-0.3, -0.25) is 0 Å². The molecule has 3 aliphatic rings. The van der Waals surface area contributed by atoms with Gasteiger partial charge in [0.25, 0.3) is 0 Å². The van der Waals surface area contributed by atoms with Crippen LogP contribution in [-0.4, -0.2) is 32.0 Å². The fourth-order valence-electron chi connectivity index (χ4n) is 4.54. The second-order valence-corrected chi connectivity index (χ2v) is 7.71. The molecule has 2 atom stereocenters. The fourth-order valence-corrected chi connectivity index (χ4v) is 4.54. The Morgan fingerprint density at radius 1 is 1.21 bits per heavy atom. The van der Waals surface area contributed by atoms with E-state index in [0.717, 1.165) is 59.8 Å². The quantitative estimate of drug-likeness (QED) is 0.801. The number of nitrogens with zero attached hydrogens (tertiary/aromatic N) is 3. The number of aromatic nitrogens is 3. The van der Waals surface area contributed by atoms with Crippen molar-refractivity contribution in [1.82, 2.24) is 14.5 Å². The number of aliphatic hydroxyl groups is 1. The maximum absolute atomic E-state index is 13.5. The lowest BCUT2D eigenvalue weighted by Crippen LogP contribution is -2.38. The molecule has 6 heteroatoms. The molecule has 0 bridgehead atoms. The molecule has 2 aliphatic carbocycles. The summed E-state index contributed by atoms with van der Waals surface area (Å²) in [5, 5.41) is 12.2. The number of fused-ring (bicyclic) bond motifs is 1. The van der Waals surface area contributed by atoms with Crippen molar-refractivity contribution in [2.24, 2.45) is 4.99 Å². The minimum atomic E-state index is -0.266. The topological polar surface area (TPSA) is 66.2 Å². The number of H-pyrrole nitrogens is 1. The lowest BCUT2D eigenvalue weighted by Gasteiger charge is -2.27. The normalized spacial score (nSPS) is 28.3. The monoisotopic (exact) mass is 378 g/mol. The summed E-state index contributed by atoms with van der Waals surface area (Å²) >= 11 is 0. The summed E-state index contributed by atoms with van der Waals surface area (Å²) in [6.07, 6.45) is 15.3. The van der Waals surface area contributed by atoms with Crippen LogP contribution < -0.4 is 10.7 Å². The van der Waals surface area contributed by atoms with E-state index in [1.807, 2.05) is 24.8 Å². The molecule has 1 saturated carbocycles. The van der Waals surface area contributed by atoms with Gasteiger partial charge < -0.3 is 14.7 Å². The van der Waals surface area contributed by atoms with Crippen molar-refractivity contribution in [3.05, 3.63) is 58.9 Å². The van der Waals surface area contributed by atoms with E-state index in [0.29, 0.717) is 6.42 Å². The Hall–Kier alpha value is -2.73. The van der Waals surface area contributed by atoms with Gasteiger partial charge in [-0.2, -0.15) is 0 Å². The molecule has 0 unspecified atom stereocenters. The van der Waals surface area contributed by atoms with Gasteiger partial charge in [0.2, 0.25) is 0 Å². The smallest absolute Gasteiger partial charge is 0.137 e. The highest BCUT2D eigenvalue weighted by Gasteiger charge is 2.24. The van der Waals surface area contributed by atoms with Crippen LogP contribution in [0, 0.1) is 0 Å². The second-order valence-electron chi connectivity index (χ2n) is 7.71.